The van der Waals surface area contributed by atoms with E-state index >= 15 is 0 Å². The van der Waals surface area contributed by atoms with Crippen LogP contribution in [0.1, 0.15) is 37.5 Å². The van der Waals surface area contributed by atoms with Crippen LogP contribution in [0.3, 0.4) is 0 Å². The lowest BCUT2D eigenvalue weighted by Gasteiger charge is -2.20. The number of rotatable bonds is 0. The number of halogens is 1. The summed E-state index contributed by atoms with van der Waals surface area (Å²) in [5.74, 6) is -0.292. The summed E-state index contributed by atoms with van der Waals surface area (Å²) in [4.78, 5) is 0. The van der Waals surface area contributed by atoms with Crippen molar-refractivity contribution in [2.45, 2.75) is 33.1 Å². The lowest BCUT2D eigenvalue weighted by Crippen LogP contribution is -2.14. The van der Waals surface area contributed by atoms with Crippen molar-refractivity contribution in [2.24, 2.45) is 0 Å². The average Bonchev–Trinajstić information content (AvgIpc) is 2.06. The third-order valence-corrected chi connectivity index (χ3v) is 2.24. The second-order valence-electron chi connectivity index (χ2n) is 4.51. The Morgan fingerprint density at radius 2 is 1.86 bits per heavy atom. The van der Waals surface area contributed by atoms with Crippen molar-refractivity contribution in [1.29, 1.82) is 5.26 Å². The maximum atomic E-state index is 13.6. The summed E-state index contributed by atoms with van der Waals surface area (Å²) in [6.45, 7) is 7.69. The Morgan fingerprint density at radius 3 is 2.29 bits per heavy atom. The number of hydrogen-bond acceptors (Lipinski definition) is 1. The van der Waals surface area contributed by atoms with Crippen molar-refractivity contribution in [1.82, 2.24) is 0 Å². The van der Waals surface area contributed by atoms with Gasteiger partial charge in [0.05, 0.1) is 11.6 Å². The number of nitriles is 1. The first kappa shape index (κ1) is 10.7. The zero-order valence-corrected chi connectivity index (χ0v) is 8.98. The van der Waals surface area contributed by atoms with Crippen molar-refractivity contribution in [2.75, 3.05) is 0 Å². The standard InChI is InChI=1S/C12H14FN/c1-8-5-10(12(2,3)4)11(13)6-9(8)7-14/h5-6H,1-4H3. The molecule has 0 radical (unpaired) electrons. The second-order valence-corrected chi connectivity index (χ2v) is 4.51. The summed E-state index contributed by atoms with van der Waals surface area (Å²) in [5.41, 5.74) is 1.69. The minimum Gasteiger partial charge on any atom is -0.207 e. The van der Waals surface area contributed by atoms with Gasteiger partial charge in [-0.2, -0.15) is 5.26 Å². The Kier molecular flexibility index (Phi) is 2.62. The molecule has 0 bridgehead atoms. The van der Waals surface area contributed by atoms with E-state index < -0.39 is 0 Å². The third kappa shape index (κ3) is 1.93. The van der Waals surface area contributed by atoms with Gasteiger partial charge in [-0.15, -0.1) is 0 Å². The first-order chi connectivity index (χ1) is 6.36. The molecule has 1 aromatic carbocycles. The van der Waals surface area contributed by atoms with Crippen LogP contribution in [0.5, 0.6) is 0 Å². The predicted molar refractivity (Wildman–Crippen MR) is 54.6 cm³/mol. The smallest absolute Gasteiger partial charge is 0.128 e. The highest BCUT2D eigenvalue weighted by Gasteiger charge is 2.19. The quantitative estimate of drug-likeness (QED) is 0.617. The lowest BCUT2D eigenvalue weighted by atomic mass is 9.85. The maximum Gasteiger partial charge on any atom is 0.128 e. The van der Waals surface area contributed by atoms with Gasteiger partial charge in [-0.25, -0.2) is 4.39 Å². The summed E-state index contributed by atoms with van der Waals surface area (Å²) in [5, 5.41) is 8.72. The van der Waals surface area contributed by atoms with Crippen LogP contribution in [0.2, 0.25) is 0 Å². The molecule has 14 heavy (non-hydrogen) atoms. The molecule has 0 amide bonds. The number of aryl methyl sites for hydroxylation is 1. The lowest BCUT2D eigenvalue weighted by molar-refractivity contribution is 0.522. The van der Waals surface area contributed by atoms with Gasteiger partial charge in [-0.3, -0.25) is 0 Å². The molecular weight excluding hydrogens is 177 g/mol. The van der Waals surface area contributed by atoms with Crippen LogP contribution in [0.25, 0.3) is 0 Å². The van der Waals surface area contributed by atoms with Crippen LogP contribution in [0, 0.1) is 24.1 Å². The van der Waals surface area contributed by atoms with Crippen LogP contribution in [0.15, 0.2) is 12.1 Å². The van der Waals surface area contributed by atoms with Gasteiger partial charge in [0.15, 0.2) is 0 Å². The largest absolute Gasteiger partial charge is 0.207 e. The van der Waals surface area contributed by atoms with Gasteiger partial charge in [-0.1, -0.05) is 26.8 Å². The molecule has 74 valence electrons. The normalized spacial score (nSPS) is 11.1. The molecule has 0 atom stereocenters. The SMILES string of the molecule is Cc1cc(C(C)(C)C)c(F)cc1C#N. The number of nitrogens with zero attached hydrogens (tertiary/aromatic N) is 1. The Morgan fingerprint density at radius 1 is 1.29 bits per heavy atom. The molecule has 0 unspecified atom stereocenters. The average molecular weight is 191 g/mol. The van der Waals surface area contributed by atoms with Crippen molar-refractivity contribution in [3.05, 3.63) is 34.6 Å². The molecule has 0 aliphatic rings. The van der Waals surface area contributed by atoms with Gasteiger partial charge >= 0.3 is 0 Å². The molecule has 0 saturated carbocycles. The van der Waals surface area contributed by atoms with Crippen LogP contribution < -0.4 is 0 Å². The minimum absolute atomic E-state index is 0.219. The molecule has 0 aliphatic heterocycles. The van der Waals surface area contributed by atoms with E-state index in [1.54, 1.807) is 6.07 Å². The Labute approximate surface area is 84.2 Å². The third-order valence-electron chi connectivity index (χ3n) is 2.24. The Balaban J connectivity index is 3.38. The zero-order chi connectivity index (χ0) is 10.9. The fourth-order valence-corrected chi connectivity index (χ4v) is 1.38. The van der Waals surface area contributed by atoms with E-state index in [-0.39, 0.29) is 11.2 Å². The van der Waals surface area contributed by atoms with Crippen LogP contribution in [-0.2, 0) is 5.41 Å². The molecule has 2 heteroatoms. The molecule has 1 nitrogen and oxygen atoms in total. The monoisotopic (exact) mass is 191 g/mol. The van der Waals surface area contributed by atoms with Gasteiger partial charge in [-0.05, 0) is 29.5 Å². The van der Waals surface area contributed by atoms with E-state index in [1.807, 2.05) is 33.8 Å². The summed E-state index contributed by atoms with van der Waals surface area (Å²) < 4.78 is 13.6. The number of hydrogen-bond donors (Lipinski definition) is 0. The number of benzene rings is 1. The molecule has 0 saturated heterocycles. The van der Waals surface area contributed by atoms with Crippen molar-refractivity contribution < 1.29 is 4.39 Å². The van der Waals surface area contributed by atoms with Crippen LogP contribution in [-0.4, -0.2) is 0 Å². The summed E-state index contributed by atoms with van der Waals surface area (Å²) in [6.07, 6.45) is 0. The molecule has 0 fully saturated rings. The Hall–Kier alpha value is -1.36. The first-order valence-corrected chi connectivity index (χ1v) is 4.57. The van der Waals surface area contributed by atoms with Crippen LogP contribution in [0.4, 0.5) is 4.39 Å². The topological polar surface area (TPSA) is 23.8 Å². The van der Waals surface area contributed by atoms with Crippen molar-refractivity contribution in [3.63, 3.8) is 0 Å². The fourth-order valence-electron chi connectivity index (χ4n) is 1.38. The van der Waals surface area contributed by atoms with E-state index in [0.717, 1.165) is 5.56 Å². The minimum atomic E-state index is -0.292. The highest BCUT2D eigenvalue weighted by Crippen LogP contribution is 2.27. The van der Waals surface area contributed by atoms with Gasteiger partial charge in [0.1, 0.15) is 5.82 Å². The highest BCUT2D eigenvalue weighted by atomic mass is 19.1. The van der Waals surface area contributed by atoms with Gasteiger partial charge in [0.25, 0.3) is 0 Å². The molecule has 0 aromatic heterocycles. The van der Waals surface area contributed by atoms with E-state index in [2.05, 4.69) is 0 Å². The molecule has 0 aliphatic carbocycles. The molecule has 0 heterocycles. The van der Waals surface area contributed by atoms with E-state index in [0.29, 0.717) is 11.1 Å². The summed E-state index contributed by atoms with van der Waals surface area (Å²) in [7, 11) is 0. The van der Waals surface area contributed by atoms with Crippen molar-refractivity contribution in [3.8, 4) is 6.07 Å². The van der Waals surface area contributed by atoms with Crippen molar-refractivity contribution >= 4 is 0 Å². The Bertz CT molecular complexity index is 394. The predicted octanol–water partition coefficient (Wildman–Crippen LogP) is 3.30. The molecule has 1 aromatic rings. The van der Waals surface area contributed by atoms with Crippen LogP contribution >= 0.6 is 0 Å². The highest BCUT2D eigenvalue weighted by molar-refractivity contribution is 5.42. The molecule has 0 N–H and O–H groups in total. The second kappa shape index (κ2) is 3.42. The van der Waals surface area contributed by atoms with E-state index in [1.165, 1.54) is 6.07 Å². The molecular formula is C12H14FN. The first-order valence-electron chi connectivity index (χ1n) is 4.57. The van der Waals surface area contributed by atoms with E-state index in [9.17, 15) is 4.39 Å². The van der Waals surface area contributed by atoms with Gasteiger partial charge in [0, 0.05) is 0 Å². The zero-order valence-electron chi connectivity index (χ0n) is 8.98. The summed E-state index contributed by atoms with van der Waals surface area (Å²) >= 11 is 0. The molecule has 0 spiro atoms. The maximum absolute atomic E-state index is 13.6. The van der Waals surface area contributed by atoms with Gasteiger partial charge < -0.3 is 0 Å². The van der Waals surface area contributed by atoms with E-state index in [4.69, 9.17) is 5.26 Å². The fraction of sp³-hybridized carbons (Fsp3) is 0.417. The summed E-state index contributed by atoms with van der Waals surface area (Å²) in [6, 6.07) is 5.05. The van der Waals surface area contributed by atoms with Gasteiger partial charge in [0.2, 0.25) is 0 Å². The molecule has 1 rings (SSSR count).